The van der Waals surface area contributed by atoms with Gasteiger partial charge in [-0.2, -0.15) is 0 Å². The van der Waals surface area contributed by atoms with Crippen LogP contribution < -0.4 is 0 Å². The van der Waals surface area contributed by atoms with E-state index in [0.717, 1.165) is 13.0 Å². The predicted octanol–water partition coefficient (Wildman–Crippen LogP) is 0.237. The molecule has 1 N–H and O–H groups in total. The Morgan fingerprint density at radius 1 is 1.73 bits per heavy atom. The Hall–Kier alpha value is -0.570. The standard InChI is InChI=1S/C8H15NO2/c1-2-7-5-8(11)9(6-7)3-4-10/h7,10H,2-6H2,1H3. The Labute approximate surface area is 67.0 Å². The van der Waals surface area contributed by atoms with E-state index in [1.165, 1.54) is 0 Å². The van der Waals surface area contributed by atoms with E-state index in [1.807, 2.05) is 0 Å². The SMILES string of the molecule is CCC1CC(=O)N(CCO)C1. The third kappa shape index (κ3) is 1.93. The lowest BCUT2D eigenvalue weighted by molar-refractivity contribution is -0.128. The molecule has 64 valence electrons. The molecule has 1 aliphatic rings. The van der Waals surface area contributed by atoms with E-state index in [-0.39, 0.29) is 12.5 Å². The maximum absolute atomic E-state index is 11.1. The first-order valence-corrected chi connectivity index (χ1v) is 4.16. The molecule has 1 unspecified atom stereocenters. The molecule has 0 radical (unpaired) electrons. The van der Waals surface area contributed by atoms with Crippen LogP contribution in [0.15, 0.2) is 0 Å². The fourth-order valence-electron chi connectivity index (χ4n) is 1.46. The Kier molecular flexibility index (Phi) is 2.88. The molecule has 0 aliphatic carbocycles. The quantitative estimate of drug-likeness (QED) is 0.637. The monoisotopic (exact) mass is 157 g/mol. The summed E-state index contributed by atoms with van der Waals surface area (Å²) in [5.41, 5.74) is 0. The first-order valence-electron chi connectivity index (χ1n) is 4.16. The summed E-state index contributed by atoms with van der Waals surface area (Å²) in [5.74, 6) is 0.722. The van der Waals surface area contributed by atoms with E-state index in [0.29, 0.717) is 18.9 Å². The molecule has 0 spiro atoms. The summed E-state index contributed by atoms with van der Waals surface area (Å²) >= 11 is 0. The van der Waals surface area contributed by atoms with E-state index in [4.69, 9.17) is 5.11 Å². The maximum atomic E-state index is 11.1. The molecular weight excluding hydrogens is 142 g/mol. The van der Waals surface area contributed by atoms with Crippen LogP contribution in [0.3, 0.4) is 0 Å². The van der Waals surface area contributed by atoms with E-state index < -0.39 is 0 Å². The van der Waals surface area contributed by atoms with Gasteiger partial charge in [0.15, 0.2) is 0 Å². The van der Waals surface area contributed by atoms with Gasteiger partial charge >= 0.3 is 0 Å². The normalized spacial score (nSPS) is 24.7. The van der Waals surface area contributed by atoms with E-state index in [2.05, 4.69) is 6.92 Å². The van der Waals surface area contributed by atoms with E-state index in [9.17, 15) is 4.79 Å². The van der Waals surface area contributed by atoms with Crippen LogP contribution in [0.25, 0.3) is 0 Å². The minimum Gasteiger partial charge on any atom is -0.395 e. The number of hydrogen-bond acceptors (Lipinski definition) is 2. The summed E-state index contributed by atoms with van der Waals surface area (Å²) in [6.07, 6.45) is 1.74. The lowest BCUT2D eigenvalue weighted by Gasteiger charge is -2.13. The second-order valence-electron chi connectivity index (χ2n) is 3.04. The molecule has 1 rings (SSSR count). The van der Waals surface area contributed by atoms with Gasteiger partial charge in [-0.3, -0.25) is 4.79 Å². The van der Waals surface area contributed by atoms with Crippen LogP contribution in [0.2, 0.25) is 0 Å². The minimum absolute atomic E-state index is 0.0855. The van der Waals surface area contributed by atoms with Crippen molar-refractivity contribution in [2.45, 2.75) is 19.8 Å². The zero-order valence-corrected chi connectivity index (χ0v) is 6.92. The number of carbonyl (C=O) groups excluding carboxylic acids is 1. The first kappa shape index (κ1) is 8.53. The van der Waals surface area contributed by atoms with Crippen LogP contribution in [-0.2, 0) is 4.79 Å². The maximum Gasteiger partial charge on any atom is 0.223 e. The van der Waals surface area contributed by atoms with Gasteiger partial charge in [0.05, 0.1) is 6.61 Å². The average molecular weight is 157 g/mol. The zero-order valence-electron chi connectivity index (χ0n) is 6.92. The summed E-state index contributed by atoms with van der Waals surface area (Å²) in [7, 11) is 0. The number of carbonyl (C=O) groups is 1. The Balaban J connectivity index is 2.38. The highest BCUT2D eigenvalue weighted by Crippen LogP contribution is 2.19. The van der Waals surface area contributed by atoms with Crippen molar-refractivity contribution in [3.63, 3.8) is 0 Å². The van der Waals surface area contributed by atoms with Crippen molar-refractivity contribution < 1.29 is 9.90 Å². The number of hydrogen-bond donors (Lipinski definition) is 1. The molecule has 0 aromatic carbocycles. The molecule has 1 amide bonds. The van der Waals surface area contributed by atoms with Gasteiger partial charge in [-0.1, -0.05) is 13.3 Å². The molecular formula is C8H15NO2. The first-order chi connectivity index (χ1) is 5.27. The highest BCUT2D eigenvalue weighted by molar-refractivity contribution is 5.78. The van der Waals surface area contributed by atoms with Crippen molar-refractivity contribution in [3.8, 4) is 0 Å². The van der Waals surface area contributed by atoms with Gasteiger partial charge in [0.25, 0.3) is 0 Å². The van der Waals surface area contributed by atoms with Gasteiger partial charge in [0.2, 0.25) is 5.91 Å². The van der Waals surface area contributed by atoms with E-state index >= 15 is 0 Å². The molecule has 0 bridgehead atoms. The molecule has 0 aromatic rings. The number of aliphatic hydroxyl groups excluding tert-OH is 1. The Morgan fingerprint density at radius 2 is 2.45 bits per heavy atom. The molecule has 3 heteroatoms. The lowest BCUT2D eigenvalue weighted by Crippen LogP contribution is -2.28. The molecule has 0 aromatic heterocycles. The molecule has 3 nitrogen and oxygen atoms in total. The van der Waals surface area contributed by atoms with Crippen molar-refractivity contribution in [1.82, 2.24) is 4.90 Å². The van der Waals surface area contributed by atoms with Gasteiger partial charge < -0.3 is 10.0 Å². The number of rotatable bonds is 3. The smallest absolute Gasteiger partial charge is 0.223 e. The van der Waals surface area contributed by atoms with Gasteiger partial charge in [-0.25, -0.2) is 0 Å². The van der Waals surface area contributed by atoms with Crippen LogP contribution in [0.5, 0.6) is 0 Å². The third-order valence-electron chi connectivity index (χ3n) is 2.24. The fraction of sp³-hybridized carbons (Fsp3) is 0.875. The number of likely N-dealkylation sites (tertiary alicyclic amines) is 1. The van der Waals surface area contributed by atoms with Crippen molar-refractivity contribution in [2.24, 2.45) is 5.92 Å². The fourth-order valence-corrected chi connectivity index (χ4v) is 1.46. The van der Waals surface area contributed by atoms with E-state index in [1.54, 1.807) is 4.90 Å². The molecule has 11 heavy (non-hydrogen) atoms. The van der Waals surface area contributed by atoms with Crippen LogP contribution in [0, 0.1) is 5.92 Å². The lowest BCUT2D eigenvalue weighted by atomic mass is 10.1. The van der Waals surface area contributed by atoms with Crippen LogP contribution in [0.4, 0.5) is 0 Å². The highest BCUT2D eigenvalue weighted by atomic mass is 16.3. The molecule has 1 heterocycles. The van der Waals surface area contributed by atoms with Gasteiger partial charge in [-0.15, -0.1) is 0 Å². The zero-order chi connectivity index (χ0) is 8.27. The van der Waals surface area contributed by atoms with Crippen molar-refractivity contribution >= 4 is 5.91 Å². The Morgan fingerprint density at radius 3 is 2.91 bits per heavy atom. The van der Waals surface area contributed by atoms with Crippen LogP contribution in [-0.4, -0.2) is 35.6 Å². The topological polar surface area (TPSA) is 40.5 Å². The number of β-amino-alcohol motifs (C(OH)–C–C–N with tert-alkyl or cyclic N) is 1. The second-order valence-corrected chi connectivity index (χ2v) is 3.04. The summed E-state index contributed by atoms with van der Waals surface area (Å²) in [4.78, 5) is 12.9. The molecule has 1 atom stereocenters. The van der Waals surface area contributed by atoms with Crippen LogP contribution >= 0.6 is 0 Å². The number of nitrogens with zero attached hydrogens (tertiary/aromatic N) is 1. The highest BCUT2D eigenvalue weighted by Gasteiger charge is 2.27. The van der Waals surface area contributed by atoms with Crippen molar-refractivity contribution in [2.75, 3.05) is 19.7 Å². The summed E-state index contributed by atoms with van der Waals surface area (Å²) in [5, 5.41) is 8.61. The Bertz CT molecular complexity index is 147. The molecule has 1 saturated heterocycles. The predicted molar refractivity (Wildman–Crippen MR) is 42.1 cm³/mol. The van der Waals surface area contributed by atoms with Crippen molar-refractivity contribution in [3.05, 3.63) is 0 Å². The average Bonchev–Trinajstić information content (AvgIpc) is 2.33. The van der Waals surface area contributed by atoms with Gasteiger partial charge in [0.1, 0.15) is 0 Å². The van der Waals surface area contributed by atoms with Gasteiger partial charge in [-0.05, 0) is 5.92 Å². The number of aliphatic hydroxyl groups is 1. The second kappa shape index (κ2) is 3.72. The molecule has 1 aliphatic heterocycles. The summed E-state index contributed by atoms with van der Waals surface area (Å²) in [6, 6.07) is 0. The molecule has 0 saturated carbocycles. The third-order valence-corrected chi connectivity index (χ3v) is 2.24. The largest absolute Gasteiger partial charge is 0.395 e. The summed E-state index contributed by atoms with van der Waals surface area (Å²) < 4.78 is 0. The number of amides is 1. The van der Waals surface area contributed by atoms with Gasteiger partial charge in [0, 0.05) is 19.5 Å². The van der Waals surface area contributed by atoms with Crippen molar-refractivity contribution in [1.29, 1.82) is 0 Å². The summed E-state index contributed by atoms with van der Waals surface area (Å²) in [6.45, 7) is 3.54. The minimum atomic E-state index is 0.0855. The van der Waals surface area contributed by atoms with Crippen LogP contribution in [0.1, 0.15) is 19.8 Å². The molecule has 1 fully saturated rings.